The molecule has 8 nitrogen and oxygen atoms in total. The number of hydrogen-bond acceptors (Lipinski definition) is 6. The lowest BCUT2D eigenvalue weighted by Crippen LogP contribution is -2.42. The summed E-state index contributed by atoms with van der Waals surface area (Å²) in [5, 5.41) is 10.0. The second kappa shape index (κ2) is 7.10. The molecule has 1 aliphatic heterocycles. The van der Waals surface area contributed by atoms with Crippen molar-refractivity contribution in [3.05, 3.63) is 63.8 Å². The number of nitrogens with zero attached hydrogens (tertiary/aromatic N) is 1. The number of imide groups is 3. The number of hydrogen-bond donors (Lipinski definition) is 2. The third kappa shape index (κ3) is 2.86. The summed E-state index contributed by atoms with van der Waals surface area (Å²) in [7, 11) is 0. The number of phenolic OH excluding ortho intramolecular Hbond substituents is 1. The van der Waals surface area contributed by atoms with E-state index in [2.05, 4.69) is 0 Å². The molecule has 0 aromatic heterocycles. The number of phenols is 1. The SMILES string of the molecule is CC1=CC(=O)C2=C(C[C@@H]3C(=CC[C@@H]4C(=O)N(C(N)=O)C(=O)[C@@H]43)[C@@H]2c2ccc(O)c(C)c2)C1=O. The maximum atomic E-state index is 13.1. The van der Waals surface area contributed by atoms with Gasteiger partial charge in [-0.25, -0.2) is 4.79 Å². The van der Waals surface area contributed by atoms with Gasteiger partial charge in [0.1, 0.15) is 5.75 Å². The molecule has 33 heavy (non-hydrogen) atoms. The van der Waals surface area contributed by atoms with Crippen LogP contribution in [0.4, 0.5) is 4.79 Å². The molecule has 4 aliphatic rings. The first-order valence-corrected chi connectivity index (χ1v) is 10.8. The molecule has 5 rings (SSSR count). The van der Waals surface area contributed by atoms with Gasteiger partial charge in [-0.2, -0.15) is 4.90 Å². The van der Waals surface area contributed by atoms with Crippen molar-refractivity contribution in [2.24, 2.45) is 23.5 Å². The second-order valence-electron chi connectivity index (χ2n) is 9.12. The Morgan fingerprint density at radius 2 is 1.82 bits per heavy atom. The van der Waals surface area contributed by atoms with Crippen LogP contribution in [0.15, 0.2) is 52.6 Å². The van der Waals surface area contributed by atoms with Gasteiger partial charge in [0.25, 0.3) is 0 Å². The molecule has 3 N–H and O–H groups in total. The highest BCUT2D eigenvalue weighted by atomic mass is 16.3. The molecule has 0 unspecified atom stereocenters. The normalized spacial score (nSPS) is 28.8. The Kier molecular flexibility index (Phi) is 4.53. The van der Waals surface area contributed by atoms with Gasteiger partial charge in [-0.1, -0.05) is 23.8 Å². The number of Topliss-reactive ketones (excluding diaryl/α,β-unsaturated/α-hetero) is 1. The Morgan fingerprint density at radius 1 is 1.09 bits per heavy atom. The van der Waals surface area contributed by atoms with Crippen molar-refractivity contribution < 1.29 is 29.1 Å². The Bertz CT molecular complexity index is 1280. The molecular weight excluding hydrogens is 424 g/mol. The van der Waals surface area contributed by atoms with Crippen molar-refractivity contribution in [1.82, 2.24) is 4.90 Å². The van der Waals surface area contributed by atoms with E-state index in [0.29, 0.717) is 32.7 Å². The van der Waals surface area contributed by atoms with Crippen LogP contribution in [0.1, 0.15) is 36.8 Å². The number of nitrogens with two attached hydrogens (primary N) is 1. The van der Waals surface area contributed by atoms with Crippen LogP contribution in [0.25, 0.3) is 0 Å². The number of ketones is 2. The topological polar surface area (TPSA) is 135 Å². The minimum Gasteiger partial charge on any atom is -0.508 e. The molecule has 0 bridgehead atoms. The van der Waals surface area contributed by atoms with Crippen LogP contribution in [0.2, 0.25) is 0 Å². The summed E-state index contributed by atoms with van der Waals surface area (Å²) in [6.07, 6.45) is 3.57. The van der Waals surface area contributed by atoms with E-state index >= 15 is 0 Å². The van der Waals surface area contributed by atoms with Gasteiger partial charge < -0.3 is 10.8 Å². The highest BCUT2D eigenvalue weighted by Crippen LogP contribution is 2.55. The number of allylic oxidation sites excluding steroid dienone is 6. The van der Waals surface area contributed by atoms with E-state index in [0.717, 1.165) is 5.57 Å². The number of amides is 4. The number of rotatable bonds is 1. The predicted molar refractivity (Wildman–Crippen MR) is 116 cm³/mol. The molecule has 1 saturated heterocycles. The standard InChI is InChI=1S/C25H22N2O6/c1-10-7-12(3-6-17(10)28)19-13-4-5-14-20(24(32)27(23(14)31)25(26)33)15(13)9-16-21(19)18(29)8-11(2)22(16)30/h3-4,6-8,14-15,19-20,28H,5,9H2,1-2H3,(H2,26,33)/t14-,15+,19-,20-/m0/s1. The summed E-state index contributed by atoms with van der Waals surface area (Å²) in [5.41, 5.74) is 8.45. The van der Waals surface area contributed by atoms with Gasteiger partial charge in [-0.15, -0.1) is 0 Å². The highest BCUT2D eigenvalue weighted by Gasteiger charge is 2.57. The molecule has 3 aliphatic carbocycles. The number of benzene rings is 1. The molecule has 0 saturated carbocycles. The Hall–Kier alpha value is -3.81. The van der Waals surface area contributed by atoms with Crippen LogP contribution in [0, 0.1) is 24.7 Å². The van der Waals surface area contributed by atoms with Gasteiger partial charge in [-0.05, 0) is 55.9 Å². The van der Waals surface area contributed by atoms with Gasteiger partial charge in [-0.3, -0.25) is 19.2 Å². The molecule has 0 spiro atoms. The largest absolute Gasteiger partial charge is 0.508 e. The zero-order valence-electron chi connectivity index (χ0n) is 18.1. The first-order valence-electron chi connectivity index (χ1n) is 10.8. The summed E-state index contributed by atoms with van der Waals surface area (Å²) in [6.45, 7) is 3.32. The Labute approximate surface area is 189 Å². The smallest absolute Gasteiger partial charge is 0.328 e. The van der Waals surface area contributed by atoms with Gasteiger partial charge in [0.05, 0.1) is 11.8 Å². The molecule has 0 radical (unpaired) electrons. The molecule has 1 fully saturated rings. The van der Waals surface area contributed by atoms with Crippen LogP contribution in [-0.2, 0) is 19.2 Å². The molecular formula is C25H22N2O6. The van der Waals surface area contributed by atoms with E-state index in [1.165, 1.54) is 12.1 Å². The van der Waals surface area contributed by atoms with Crippen LogP contribution in [0.5, 0.6) is 5.75 Å². The number of likely N-dealkylation sites (tertiary alicyclic amines) is 1. The second-order valence-corrected chi connectivity index (χ2v) is 9.12. The van der Waals surface area contributed by atoms with Crippen molar-refractivity contribution in [3.63, 3.8) is 0 Å². The van der Waals surface area contributed by atoms with E-state index < -0.39 is 41.5 Å². The lowest BCUT2D eigenvalue weighted by atomic mass is 9.59. The Balaban J connectivity index is 1.70. The number of aromatic hydroxyl groups is 1. The predicted octanol–water partition coefficient (Wildman–Crippen LogP) is 2.21. The third-order valence-corrected chi connectivity index (χ3v) is 7.34. The van der Waals surface area contributed by atoms with Gasteiger partial charge in [0.2, 0.25) is 11.8 Å². The lowest BCUT2D eigenvalue weighted by Gasteiger charge is -2.42. The van der Waals surface area contributed by atoms with Gasteiger partial charge in [0.15, 0.2) is 11.6 Å². The maximum absolute atomic E-state index is 13.1. The molecule has 4 amide bonds. The fraction of sp³-hybridized carbons (Fsp3) is 0.320. The number of primary amides is 1. The zero-order valence-corrected chi connectivity index (χ0v) is 18.1. The summed E-state index contributed by atoms with van der Waals surface area (Å²) >= 11 is 0. The van der Waals surface area contributed by atoms with E-state index in [9.17, 15) is 29.1 Å². The average Bonchev–Trinajstić information content (AvgIpc) is 3.03. The lowest BCUT2D eigenvalue weighted by molar-refractivity contribution is -0.136. The van der Waals surface area contributed by atoms with Crippen molar-refractivity contribution in [2.45, 2.75) is 32.6 Å². The quantitative estimate of drug-likeness (QED) is 0.386. The first kappa shape index (κ1) is 21.1. The number of aryl methyl sites for hydroxylation is 1. The van der Waals surface area contributed by atoms with Gasteiger partial charge in [0, 0.05) is 22.6 Å². The van der Waals surface area contributed by atoms with Crippen molar-refractivity contribution in [3.8, 4) is 5.75 Å². The molecule has 1 heterocycles. The zero-order chi connectivity index (χ0) is 23.8. The minimum atomic E-state index is -1.11. The van der Waals surface area contributed by atoms with Crippen molar-refractivity contribution in [1.29, 1.82) is 0 Å². The van der Waals surface area contributed by atoms with E-state index in [1.807, 2.05) is 6.08 Å². The van der Waals surface area contributed by atoms with E-state index in [1.54, 1.807) is 26.0 Å². The van der Waals surface area contributed by atoms with Crippen LogP contribution in [-0.4, -0.2) is 39.4 Å². The van der Waals surface area contributed by atoms with Crippen molar-refractivity contribution in [2.75, 3.05) is 0 Å². The van der Waals surface area contributed by atoms with E-state index in [-0.39, 0.29) is 30.2 Å². The van der Waals surface area contributed by atoms with Crippen LogP contribution < -0.4 is 5.73 Å². The first-order chi connectivity index (χ1) is 15.6. The number of carbonyl (C=O) groups is 5. The summed E-state index contributed by atoms with van der Waals surface area (Å²) < 4.78 is 0. The van der Waals surface area contributed by atoms with E-state index in [4.69, 9.17) is 5.73 Å². The fourth-order valence-corrected chi connectivity index (χ4v) is 5.84. The highest BCUT2D eigenvalue weighted by molar-refractivity contribution is 6.24. The fourth-order valence-electron chi connectivity index (χ4n) is 5.84. The molecule has 1 aromatic carbocycles. The minimum absolute atomic E-state index is 0.105. The monoisotopic (exact) mass is 446 g/mol. The average molecular weight is 446 g/mol. The van der Waals surface area contributed by atoms with Crippen molar-refractivity contribution >= 4 is 29.4 Å². The summed E-state index contributed by atoms with van der Waals surface area (Å²) in [6, 6.07) is 3.90. The molecule has 1 aromatic rings. The number of carbonyl (C=O) groups excluding carboxylic acids is 5. The summed E-state index contributed by atoms with van der Waals surface area (Å²) in [5.74, 6) is -4.35. The maximum Gasteiger partial charge on any atom is 0.328 e. The number of urea groups is 1. The number of fused-ring (bicyclic) bond motifs is 3. The summed E-state index contributed by atoms with van der Waals surface area (Å²) in [4.78, 5) is 64.4. The molecule has 8 heteroatoms. The molecule has 168 valence electrons. The van der Waals surface area contributed by atoms with Crippen LogP contribution >= 0.6 is 0 Å². The van der Waals surface area contributed by atoms with Gasteiger partial charge >= 0.3 is 6.03 Å². The third-order valence-electron chi connectivity index (χ3n) is 7.34. The van der Waals surface area contributed by atoms with Crippen LogP contribution in [0.3, 0.4) is 0 Å². The molecule has 4 atom stereocenters. The Morgan fingerprint density at radius 3 is 2.48 bits per heavy atom.